The Kier molecular flexibility index (Phi) is 8.27. The van der Waals surface area contributed by atoms with Gasteiger partial charge in [-0.25, -0.2) is 8.42 Å². The van der Waals surface area contributed by atoms with E-state index in [1.165, 1.54) is 6.07 Å². The van der Waals surface area contributed by atoms with Gasteiger partial charge >= 0.3 is 0 Å². The summed E-state index contributed by atoms with van der Waals surface area (Å²) < 4.78 is 28.9. The van der Waals surface area contributed by atoms with Crippen molar-refractivity contribution in [1.82, 2.24) is 5.32 Å². The minimum Gasteiger partial charge on any atom is -0.497 e. The molecule has 0 radical (unpaired) electrons. The SMILES string of the molecule is COc1ccc(C(NC(=O)C(C)CN)c2cccc(S(C)(=O)=O)c2)cc1.Cl. The Labute approximate surface area is 166 Å². The summed E-state index contributed by atoms with van der Waals surface area (Å²) in [5, 5.41) is 2.96. The van der Waals surface area contributed by atoms with E-state index in [1.807, 2.05) is 12.1 Å². The molecule has 2 aromatic carbocycles. The van der Waals surface area contributed by atoms with Gasteiger partial charge in [-0.15, -0.1) is 12.4 Å². The molecule has 2 atom stereocenters. The zero-order chi connectivity index (χ0) is 19.3. The summed E-state index contributed by atoms with van der Waals surface area (Å²) in [6, 6.07) is 13.3. The van der Waals surface area contributed by atoms with Crippen molar-refractivity contribution in [2.45, 2.75) is 17.9 Å². The van der Waals surface area contributed by atoms with Crippen molar-refractivity contribution in [2.75, 3.05) is 19.9 Å². The average Bonchev–Trinajstić information content (AvgIpc) is 2.64. The number of methoxy groups -OCH3 is 1. The molecule has 6 nitrogen and oxygen atoms in total. The topological polar surface area (TPSA) is 98.5 Å². The Morgan fingerprint density at radius 2 is 1.78 bits per heavy atom. The molecular weight excluding hydrogens is 388 g/mol. The third-order valence-electron chi connectivity index (χ3n) is 4.16. The number of hydrogen-bond acceptors (Lipinski definition) is 5. The van der Waals surface area contributed by atoms with Crippen molar-refractivity contribution in [2.24, 2.45) is 11.7 Å². The first-order valence-electron chi connectivity index (χ1n) is 8.20. The molecule has 2 unspecified atom stereocenters. The lowest BCUT2D eigenvalue weighted by Gasteiger charge is -2.22. The van der Waals surface area contributed by atoms with Crippen LogP contribution in [0.4, 0.5) is 0 Å². The maximum absolute atomic E-state index is 12.4. The number of nitrogens with one attached hydrogen (secondary N) is 1. The fraction of sp³-hybridized carbons (Fsp3) is 0.316. The van der Waals surface area contributed by atoms with E-state index in [0.717, 1.165) is 11.8 Å². The Hall–Kier alpha value is -2.09. The molecule has 0 fully saturated rings. The summed E-state index contributed by atoms with van der Waals surface area (Å²) in [7, 11) is -1.78. The minimum atomic E-state index is -3.35. The first kappa shape index (κ1) is 23.0. The van der Waals surface area contributed by atoms with Gasteiger partial charge in [-0.2, -0.15) is 0 Å². The fourth-order valence-electron chi connectivity index (χ4n) is 2.47. The molecule has 2 rings (SSSR count). The summed E-state index contributed by atoms with van der Waals surface area (Å²) >= 11 is 0. The number of carbonyl (C=O) groups excluding carboxylic acids is 1. The molecular formula is C19H25ClN2O4S. The summed E-state index contributed by atoms with van der Waals surface area (Å²) in [6.07, 6.45) is 1.16. The van der Waals surface area contributed by atoms with E-state index in [0.29, 0.717) is 11.3 Å². The Morgan fingerprint density at radius 1 is 1.15 bits per heavy atom. The lowest BCUT2D eigenvalue weighted by atomic mass is 9.97. The van der Waals surface area contributed by atoms with Gasteiger partial charge in [0.15, 0.2) is 9.84 Å². The number of hydrogen-bond donors (Lipinski definition) is 2. The minimum absolute atomic E-state index is 0. The Morgan fingerprint density at radius 3 is 2.30 bits per heavy atom. The molecule has 27 heavy (non-hydrogen) atoms. The van der Waals surface area contributed by atoms with Gasteiger partial charge in [-0.3, -0.25) is 4.79 Å². The third kappa shape index (κ3) is 5.95. The monoisotopic (exact) mass is 412 g/mol. The third-order valence-corrected chi connectivity index (χ3v) is 5.27. The van der Waals surface area contributed by atoms with E-state index in [1.54, 1.807) is 44.4 Å². The van der Waals surface area contributed by atoms with Crippen molar-refractivity contribution < 1.29 is 17.9 Å². The number of carbonyl (C=O) groups is 1. The van der Waals surface area contributed by atoms with Crippen LogP contribution in [0.1, 0.15) is 24.1 Å². The first-order valence-corrected chi connectivity index (χ1v) is 10.1. The molecule has 0 aromatic heterocycles. The lowest BCUT2D eigenvalue weighted by Crippen LogP contribution is -2.36. The molecule has 0 aliphatic rings. The molecule has 0 spiro atoms. The molecule has 0 saturated heterocycles. The Bertz CT molecular complexity index is 870. The fourth-order valence-corrected chi connectivity index (χ4v) is 3.15. The summed E-state index contributed by atoms with van der Waals surface area (Å²) in [5.41, 5.74) is 7.08. The van der Waals surface area contributed by atoms with Crippen molar-refractivity contribution in [1.29, 1.82) is 0 Å². The molecule has 0 aliphatic carbocycles. The zero-order valence-electron chi connectivity index (χ0n) is 15.5. The number of nitrogens with two attached hydrogens (primary N) is 1. The molecule has 148 valence electrons. The maximum Gasteiger partial charge on any atom is 0.224 e. The van der Waals surface area contributed by atoms with Crippen LogP contribution in [-0.4, -0.2) is 34.2 Å². The number of ether oxygens (including phenoxy) is 1. The molecule has 0 heterocycles. The van der Waals surface area contributed by atoms with Crippen LogP contribution in [0, 0.1) is 5.92 Å². The van der Waals surface area contributed by atoms with Crippen LogP contribution in [0.15, 0.2) is 53.4 Å². The summed E-state index contributed by atoms with van der Waals surface area (Å²) in [4.78, 5) is 12.6. The molecule has 1 amide bonds. The van der Waals surface area contributed by atoms with E-state index < -0.39 is 15.9 Å². The number of halogens is 1. The van der Waals surface area contributed by atoms with Gasteiger partial charge < -0.3 is 15.8 Å². The van der Waals surface area contributed by atoms with Gasteiger partial charge in [0.2, 0.25) is 5.91 Å². The van der Waals surface area contributed by atoms with Gasteiger partial charge in [0, 0.05) is 18.7 Å². The quantitative estimate of drug-likeness (QED) is 0.727. The molecule has 2 aromatic rings. The Balaban J connectivity index is 0.00000364. The number of amides is 1. The highest BCUT2D eigenvalue weighted by atomic mass is 35.5. The van der Waals surface area contributed by atoms with Crippen LogP contribution in [0.3, 0.4) is 0 Å². The predicted octanol–water partition coefficient (Wildman–Crippen LogP) is 2.32. The van der Waals surface area contributed by atoms with Crippen molar-refractivity contribution in [3.63, 3.8) is 0 Å². The highest BCUT2D eigenvalue weighted by molar-refractivity contribution is 7.90. The number of benzene rings is 2. The molecule has 0 bridgehead atoms. The van der Waals surface area contributed by atoms with Crippen LogP contribution in [0.2, 0.25) is 0 Å². The normalized spacial score (nSPS) is 13.2. The second-order valence-electron chi connectivity index (χ2n) is 6.20. The van der Waals surface area contributed by atoms with E-state index in [-0.39, 0.29) is 35.7 Å². The van der Waals surface area contributed by atoms with Crippen LogP contribution < -0.4 is 15.8 Å². The molecule has 3 N–H and O–H groups in total. The van der Waals surface area contributed by atoms with E-state index in [4.69, 9.17) is 10.5 Å². The predicted molar refractivity (Wildman–Crippen MR) is 108 cm³/mol. The van der Waals surface area contributed by atoms with Crippen LogP contribution >= 0.6 is 12.4 Å². The van der Waals surface area contributed by atoms with Crippen LogP contribution in [0.5, 0.6) is 5.75 Å². The van der Waals surface area contributed by atoms with Gasteiger partial charge in [-0.1, -0.05) is 31.2 Å². The molecule has 0 aliphatic heterocycles. The first-order chi connectivity index (χ1) is 12.3. The highest BCUT2D eigenvalue weighted by Crippen LogP contribution is 2.26. The number of sulfone groups is 1. The molecule has 0 saturated carbocycles. The average molecular weight is 413 g/mol. The zero-order valence-corrected chi connectivity index (χ0v) is 17.1. The smallest absolute Gasteiger partial charge is 0.224 e. The summed E-state index contributed by atoms with van der Waals surface area (Å²) in [5.74, 6) is 0.144. The molecule has 8 heteroatoms. The van der Waals surface area contributed by atoms with Gasteiger partial charge in [0.1, 0.15) is 5.75 Å². The largest absolute Gasteiger partial charge is 0.497 e. The summed E-state index contributed by atoms with van der Waals surface area (Å²) in [6.45, 7) is 1.97. The van der Waals surface area contributed by atoms with E-state index in [9.17, 15) is 13.2 Å². The standard InChI is InChI=1S/C19H24N2O4S.ClH/c1-13(12-20)19(22)21-18(14-7-9-16(25-2)10-8-14)15-5-4-6-17(11-15)26(3,23)24;/h4-11,13,18H,12,20H2,1-3H3,(H,21,22);1H. The van der Waals surface area contributed by atoms with Crippen LogP contribution in [0.25, 0.3) is 0 Å². The maximum atomic E-state index is 12.4. The van der Waals surface area contributed by atoms with E-state index in [2.05, 4.69) is 5.32 Å². The van der Waals surface area contributed by atoms with Gasteiger partial charge in [0.05, 0.1) is 18.0 Å². The van der Waals surface area contributed by atoms with E-state index >= 15 is 0 Å². The van der Waals surface area contributed by atoms with Gasteiger partial charge in [-0.05, 0) is 35.4 Å². The lowest BCUT2D eigenvalue weighted by molar-refractivity contribution is -0.124. The van der Waals surface area contributed by atoms with Crippen molar-refractivity contribution in [3.8, 4) is 5.75 Å². The second-order valence-corrected chi connectivity index (χ2v) is 8.21. The number of rotatable bonds is 7. The van der Waals surface area contributed by atoms with Crippen molar-refractivity contribution in [3.05, 3.63) is 59.7 Å². The van der Waals surface area contributed by atoms with Crippen LogP contribution in [-0.2, 0) is 14.6 Å². The highest BCUT2D eigenvalue weighted by Gasteiger charge is 2.21. The second kappa shape index (κ2) is 9.73. The van der Waals surface area contributed by atoms with Crippen molar-refractivity contribution >= 4 is 28.2 Å². The van der Waals surface area contributed by atoms with Gasteiger partial charge in [0.25, 0.3) is 0 Å².